The third-order valence-corrected chi connectivity index (χ3v) is 3.56. The van der Waals surface area contributed by atoms with Gasteiger partial charge in [0.15, 0.2) is 11.6 Å². The summed E-state index contributed by atoms with van der Waals surface area (Å²) in [5, 5.41) is 13.3. The summed E-state index contributed by atoms with van der Waals surface area (Å²) in [4.78, 5) is 23.6. The molecule has 0 radical (unpaired) electrons. The fourth-order valence-corrected chi connectivity index (χ4v) is 2.48. The third kappa shape index (κ3) is 1.84. The zero-order valence-electron chi connectivity index (χ0n) is 12.0. The molecule has 0 aliphatic heterocycles. The van der Waals surface area contributed by atoms with Crippen molar-refractivity contribution in [3.63, 3.8) is 0 Å². The number of aryl methyl sites for hydroxylation is 2. The molecule has 0 aliphatic carbocycles. The van der Waals surface area contributed by atoms with Crippen LogP contribution in [0.2, 0.25) is 0 Å². The van der Waals surface area contributed by atoms with Gasteiger partial charge in [-0.25, -0.2) is 9.48 Å². The SMILES string of the molecule is CCc1nn(C(C)C(=O)O)c(=O)c2cc3oc(C)cc3n12. The molecule has 0 saturated heterocycles. The fourth-order valence-electron chi connectivity index (χ4n) is 2.48. The lowest BCUT2D eigenvalue weighted by Gasteiger charge is -2.12. The van der Waals surface area contributed by atoms with Crippen molar-refractivity contribution in [3.8, 4) is 0 Å². The van der Waals surface area contributed by atoms with E-state index >= 15 is 0 Å². The van der Waals surface area contributed by atoms with E-state index < -0.39 is 17.6 Å². The number of carbonyl (C=O) groups is 1. The monoisotopic (exact) mass is 289 g/mol. The van der Waals surface area contributed by atoms with E-state index in [1.165, 1.54) is 6.92 Å². The van der Waals surface area contributed by atoms with Gasteiger partial charge in [0.05, 0.1) is 5.52 Å². The van der Waals surface area contributed by atoms with Gasteiger partial charge in [-0.05, 0) is 13.8 Å². The van der Waals surface area contributed by atoms with Gasteiger partial charge in [-0.3, -0.25) is 9.20 Å². The number of carboxylic acids is 1. The first-order chi connectivity index (χ1) is 9.93. The fraction of sp³-hybridized carbons (Fsp3) is 0.357. The van der Waals surface area contributed by atoms with E-state index in [0.717, 1.165) is 16.0 Å². The number of hydrogen-bond acceptors (Lipinski definition) is 4. The Morgan fingerprint density at radius 3 is 2.76 bits per heavy atom. The molecular formula is C14H15N3O4. The smallest absolute Gasteiger partial charge is 0.328 e. The first kappa shape index (κ1) is 13.4. The Kier molecular flexibility index (Phi) is 2.86. The van der Waals surface area contributed by atoms with E-state index in [-0.39, 0.29) is 0 Å². The second-order valence-electron chi connectivity index (χ2n) is 5.01. The van der Waals surface area contributed by atoms with Gasteiger partial charge < -0.3 is 9.52 Å². The molecule has 110 valence electrons. The summed E-state index contributed by atoms with van der Waals surface area (Å²) in [5.41, 5.74) is 1.32. The van der Waals surface area contributed by atoms with Gasteiger partial charge in [-0.1, -0.05) is 6.92 Å². The molecule has 0 fully saturated rings. The Morgan fingerprint density at radius 1 is 1.43 bits per heavy atom. The molecule has 7 nitrogen and oxygen atoms in total. The number of nitrogens with zero attached hydrogens (tertiary/aromatic N) is 3. The summed E-state index contributed by atoms with van der Waals surface area (Å²) in [7, 11) is 0. The molecular weight excluding hydrogens is 274 g/mol. The van der Waals surface area contributed by atoms with Crippen LogP contribution in [0.3, 0.4) is 0 Å². The topological polar surface area (TPSA) is 89.7 Å². The summed E-state index contributed by atoms with van der Waals surface area (Å²) in [5.74, 6) is 0.273. The molecule has 0 aromatic carbocycles. The Hall–Kier alpha value is -2.57. The molecule has 0 aliphatic rings. The molecule has 3 aromatic rings. The summed E-state index contributed by atoms with van der Waals surface area (Å²) in [6.45, 7) is 5.17. The molecule has 3 aromatic heterocycles. The highest BCUT2D eigenvalue weighted by atomic mass is 16.4. The van der Waals surface area contributed by atoms with Crippen molar-refractivity contribution in [1.29, 1.82) is 0 Å². The van der Waals surface area contributed by atoms with Gasteiger partial charge >= 0.3 is 5.97 Å². The van der Waals surface area contributed by atoms with Crippen LogP contribution in [0.1, 0.15) is 31.5 Å². The van der Waals surface area contributed by atoms with Crippen LogP contribution in [0.25, 0.3) is 16.6 Å². The van der Waals surface area contributed by atoms with Crippen LogP contribution in [0.5, 0.6) is 0 Å². The lowest BCUT2D eigenvalue weighted by molar-refractivity contribution is -0.140. The molecule has 21 heavy (non-hydrogen) atoms. The van der Waals surface area contributed by atoms with E-state index in [1.807, 2.05) is 19.9 Å². The minimum absolute atomic E-state index is 0.378. The Balaban J connectivity index is 2.43. The minimum Gasteiger partial charge on any atom is -0.480 e. The first-order valence-corrected chi connectivity index (χ1v) is 6.70. The summed E-state index contributed by atoms with van der Waals surface area (Å²) < 4.78 is 8.29. The third-order valence-electron chi connectivity index (χ3n) is 3.56. The largest absolute Gasteiger partial charge is 0.480 e. The van der Waals surface area contributed by atoms with Gasteiger partial charge in [0, 0.05) is 18.6 Å². The zero-order chi connectivity index (χ0) is 15.3. The van der Waals surface area contributed by atoms with Gasteiger partial charge in [0.2, 0.25) is 0 Å². The van der Waals surface area contributed by atoms with Crippen molar-refractivity contribution in [1.82, 2.24) is 14.2 Å². The van der Waals surface area contributed by atoms with Crippen LogP contribution in [-0.2, 0) is 11.2 Å². The van der Waals surface area contributed by atoms with E-state index in [1.54, 1.807) is 10.5 Å². The maximum Gasteiger partial charge on any atom is 0.328 e. The summed E-state index contributed by atoms with van der Waals surface area (Å²) in [6.07, 6.45) is 0.567. The molecule has 0 amide bonds. The molecule has 0 bridgehead atoms. The number of fused-ring (bicyclic) bond motifs is 3. The highest BCUT2D eigenvalue weighted by molar-refractivity contribution is 5.83. The minimum atomic E-state index is -1.10. The maximum atomic E-state index is 12.5. The quantitative estimate of drug-likeness (QED) is 0.793. The van der Waals surface area contributed by atoms with Crippen molar-refractivity contribution < 1.29 is 14.3 Å². The number of carboxylic acid groups (broad SMARTS) is 1. The van der Waals surface area contributed by atoms with Crippen molar-refractivity contribution in [2.45, 2.75) is 33.2 Å². The molecule has 3 heterocycles. The van der Waals surface area contributed by atoms with Crippen LogP contribution < -0.4 is 5.56 Å². The Morgan fingerprint density at radius 2 is 2.14 bits per heavy atom. The molecule has 1 N–H and O–H groups in total. The predicted octanol–water partition coefficient (Wildman–Crippen LogP) is 1.76. The zero-order valence-corrected chi connectivity index (χ0v) is 12.0. The molecule has 0 saturated carbocycles. The molecule has 0 spiro atoms. The summed E-state index contributed by atoms with van der Waals surface area (Å²) in [6, 6.07) is 2.46. The Labute approximate surface area is 119 Å². The second-order valence-corrected chi connectivity index (χ2v) is 5.01. The van der Waals surface area contributed by atoms with Gasteiger partial charge in [0.25, 0.3) is 5.56 Å². The molecule has 1 atom stereocenters. The standard InChI is InChI=1S/C14H15N3O4/c1-4-12-15-17(8(3)14(19)20)13(18)10-6-11-9(16(10)12)5-7(2)21-11/h5-6,8H,4H2,1-3H3,(H,19,20). The number of aliphatic carboxylic acids is 1. The van der Waals surface area contributed by atoms with Crippen LogP contribution in [0.15, 0.2) is 21.3 Å². The highest BCUT2D eigenvalue weighted by Gasteiger charge is 2.21. The van der Waals surface area contributed by atoms with Crippen LogP contribution >= 0.6 is 0 Å². The van der Waals surface area contributed by atoms with Crippen LogP contribution in [0, 0.1) is 6.92 Å². The predicted molar refractivity (Wildman–Crippen MR) is 75.7 cm³/mol. The number of furan rings is 1. The van der Waals surface area contributed by atoms with Crippen molar-refractivity contribution in [3.05, 3.63) is 34.1 Å². The average Bonchev–Trinajstić information content (AvgIpc) is 2.95. The highest BCUT2D eigenvalue weighted by Crippen LogP contribution is 2.23. The van der Waals surface area contributed by atoms with Gasteiger partial charge in [-0.2, -0.15) is 5.10 Å². The maximum absolute atomic E-state index is 12.5. The Bertz CT molecular complexity index is 916. The number of rotatable bonds is 3. The number of hydrogen-bond donors (Lipinski definition) is 1. The van der Waals surface area contributed by atoms with Gasteiger partial charge in [0.1, 0.15) is 17.1 Å². The van der Waals surface area contributed by atoms with E-state index in [0.29, 0.717) is 23.3 Å². The second kappa shape index (κ2) is 4.47. The number of aromatic nitrogens is 3. The summed E-state index contributed by atoms with van der Waals surface area (Å²) >= 11 is 0. The molecule has 1 unspecified atom stereocenters. The van der Waals surface area contributed by atoms with Gasteiger partial charge in [-0.15, -0.1) is 0 Å². The van der Waals surface area contributed by atoms with Crippen molar-refractivity contribution in [2.24, 2.45) is 0 Å². The van der Waals surface area contributed by atoms with Crippen LogP contribution in [0.4, 0.5) is 0 Å². The lowest BCUT2D eigenvalue weighted by atomic mass is 10.3. The first-order valence-electron chi connectivity index (χ1n) is 6.70. The van der Waals surface area contributed by atoms with E-state index in [9.17, 15) is 9.59 Å². The molecule has 3 rings (SSSR count). The lowest BCUT2D eigenvalue weighted by Crippen LogP contribution is -2.32. The van der Waals surface area contributed by atoms with E-state index in [2.05, 4.69) is 5.10 Å². The van der Waals surface area contributed by atoms with E-state index in [4.69, 9.17) is 9.52 Å². The van der Waals surface area contributed by atoms with Crippen molar-refractivity contribution in [2.75, 3.05) is 0 Å². The normalized spacial score (nSPS) is 13.1. The molecule has 7 heteroatoms. The average molecular weight is 289 g/mol. The van der Waals surface area contributed by atoms with Crippen LogP contribution in [-0.4, -0.2) is 25.3 Å². The van der Waals surface area contributed by atoms with Crippen molar-refractivity contribution >= 4 is 22.6 Å².